The van der Waals surface area contributed by atoms with E-state index in [1.807, 2.05) is 32.3 Å². The molecule has 0 saturated heterocycles. The van der Waals surface area contributed by atoms with Crippen molar-refractivity contribution >= 4 is 11.6 Å². The number of guanidine groups is 1. The Hall–Kier alpha value is -2.73. The summed E-state index contributed by atoms with van der Waals surface area (Å²) in [7, 11) is 7.36. The molecule has 6 nitrogen and oxygen atoms in total. The molecule has 3 rings (SSSR count). The molecule has 156 valence electrons. The van der Waals surface area contributed by atoms with Crippen molar-refractivity contribution in [2.24, 2.45) is 10.7 Å². The Labute approximate surface area is 173 Å². The predicted molar refractivity (Wildman–Crippen MR) is 119 cm³/mol. The van der Waals surface area contributed by atoms with Crippen LogP contribution in [0.3, 0.4) is 0 Å². The van der Waals surface area contributed by atoms with Gasteiger partial charge >= 0.3 is 0 Å². The third-order valence-corrected chi connectivity index (χ3v) is 5.51. The Morgan fingerprint density at radius 1 is 1.10 bits per heavy atom. The number of nitrogens with one attached hydrogen (secondary N) is 1. The molecule has 0 amide bonds. The third kappa shape index (κ3) is 5.01. The number of hydrogen-bond acceptors (Lipinski definition) is 4. The SMILES string of the molecule is COc1ccc(C(CN=C(N)Nc2cccc3c2CCCC3)N(C)C)cc1OC. The molecule has 0 radical (unpaired) electrons. The molecular weight excluding hydrogens is 364 g/mol. The zero-order chi connectivity index (χ0) is 20.8. The van der Waals surface area contributed by atoms with E-state index in [1.165, 1.54) is 24.0 Å². The van der Waals surface area contributed by atoms with Gasteiger partial charge in [0, 0.05) is 5.69 Å². The Balaban J connectivity index is 1.75. The fraction of sp³-hybridized carbons (Fsp3) is 0.435. The number of aliphatic imine (C=N–C) groups is 1. The van der Waals surface area contributed by atoms with E-state index in [2.05, 4.69) is 33.4 Å². The first-order valence-electron chi connectivity index (χ1n) is 10.1. The van der Waals surface area contributed by atoms with E-state index in [-0.39, 0.29) is 6.04 Å². The van der Waals surface area contributed by atoms with Gasteiger partial charge in [0.1, 0.15) is 0 Å². The fourth-order valence-electron chi connectivity index (χ4n) is 3.89. The molecule has 2 aromatic rings. The van der Waals surface area contributed by atoms with Gasteiger partial charge in [-0.1, -0.05) is 18.2 Å². The number of benzene rings is 2. The number of nitrogens with zero attached hydrogens (tertiary/aromatic N) is 2. The highest BCUT2D eigenvalue weighted by Gasteiger charge is 2.17. The van der Waals surface area contributed by atoms with Crippen molar-refractivity contribution in [2.45, 2.75) is 31.7 Å². The Bertz CT molecular complexity index is 864. The molecule has 2 aromatic carbocycles. The molecule has 1 unspecified atom stereocenters. The fourth-order valence-corrected chi connectivity index (χ4v) is 3.89. The van der Waals surface area contributed by atoms with E-state index in [1.54, 1.807) is 14.2 Å². The maximum atomic E-state index is 6.24. The van der Waals surface area contributed by atoms with E-state index in [0.717, 1.165) is 24.1 Å². The molecule has 1 atom stereocenters. The minimum absolute atomic E-state index is 0.0693. The zero-order valence-corrected chi connectivity index (χ0v) is 17.9. The average Bonchev–Trinajstić information content (AvgIpc) is 2.73. The lowest BCUT2D eigenvalue weighted by Crippen LogP contribution is -2.28. The molecule has 0 bridgehead atoms. The summed E-state index contributed by atoms with van der Waals surface area (Å²) < 4.78 is 10.8. The van der Waals surface area contributed by atoms with Gasteiger partial charge in [-0.05, 0) is 74.7 Å². The van der Waals surface area contributed by atoms with Crippen LogP contribution in [0.1, 0.15) is 35.6 Å². The summed E-state index contributed by atoms with van der Waals surface area (Å²) in [5, 5.41) is 3.32. The minimum atomic E-state index is 0.0693. The summed E-state index contributed by atoms with van der Waals surface area (Å²) in [6.45, 7) is 0.538. The summed E-state index contributed by atoms with van der Waals surface area (Å²) in [4.78, 5) is 6.76. The normalized spacial score (nSPS) is 15.0. The largest absolute Gasteiger partial charge is 0.493 e. The number of ether oxygens (including phenoxy) is 2. The van der Waals surface area contributed by atoms with E-state index < -0.39 is 0 Å². The molecule has 0 saturated carbocycles. The van der Waals surface area contributed by atoms with Gasteiger partial charge in [0.25, 0.3) is 0 Å². The number of methoxy groups -OCH3 is 2. The van der Waals surface area contributed by atoms with Crippen LogP contribution in [0.5, 0.6) is 11.5 Å². The molecule has 6 heteroatoms. The molecule has 0 fully saturated rings. The summed E-state index contributed by atoms with van der Waals surface area (Å²) >= 11 is 0. The number of likely N-dealkylation sites (N-methyl/N-ethyl adjacent to an activating group) is 1. The Kier molecular flexibility index (Phi) is 6.99. The van der Waals surface area contributed by atoms with Crippen LogP contribution in [0.15, 0.2) is 41.4 Å². The third-order valence-electron chi connectivity index (χ3n) is 5.51. The lowest BCUT2D eigenvalue weighted by molar-refractivity contribution is 0.303. The van der Waals surface area contributed by atoms with Gasteiger partial charge in [0.15, 0.2) is 17.5 Å². The highest BCUT2D eigenvalue weighted by molar-refractivity contribution is 5.93. The van der Waals surface area contributed by atoms with Gasteiger partial charge in [0.2, 0.25) is 0 Å². The van der Waals surface area contributed by atoms with Crippen LogP contribution < -0.4 is 20.5 Å². The van der Waals surface area contributed by atoms with Crippen LogP contribution in [0, 0.1) is 0 Å². The summed E-state index contributed by atoms with van der Waals surface area (Å²) in [5.41, 5.74) is 11.2. The van der Waals surface area contributed by atoms with Crippen molar-refractivity contribution in [1.29, 1.82) is 0 Å². The number of anilines is 1. The minimum Gasteiger partial charge on any atom is -0.493 e. The monoisotopic (exact) mass is 396 g/mol. The summed E-state index contributed by atoms with van der Waals surface area (Å²) in [6, 6.07) is 12.4. The number of hydrogen-bond donors (Lipinski definition) is 2. The highest BCUT2D eigenvalue weighted by atomic mass is 16.5. The smallest absolute Gasteiger partial charge is 0.193 e. The Morgan fingerprint density at radius 3 is 2.59 bits per heavy atom. The molecule has 0 aromatic heterocycles. The van der Waals surface area contributed by atoms with Gasteiger partial charge in [-0.3, -0.25) is 4.99 Å². The Morgan fingerprint density at radius 2 is 1.86 bits per heavy atom. The van der Waals surface area contributed by atoms with Gasteiger partial charge < -0.3 is 25.4 Å². The molecule has 0 spiro atoms. The van der Waals surface area contributed by atoms with E-state index in [4.69, 9.17) is 15.2 Å². The second-order valence-corrected chi connectivity index (χ2v) is 7.60. The van der Waals surface area contributed by atoms with Crippen LogP contribution in [0.4, 0.5) is 5.69 Å². The van der Waals surface area contributed by atoms with Crippen molar-refractivity contribution in [1.82, 2.24) is 4.90 Å². The standard InChI is InChI=1S/C23H32N4O2/c1-27(2)20(17-12-13-21(28-3)22(14-17)29-4)15-25-23(24)26-19-11-7-9-16-8-5-6-10-18(16)19/h7,9,11-14,20H,5-6,8,10,15H2,1-4H3,(H3,24,25,26). The van der Waals surface area contributed by atoms with Crippen molar-refractivity contribution in [3.8, 4) is 11.5 Å². The first kappa shape index (κ1) is 21.0. The quantitative estimate of drug-likeness (QED) is 0.553. The van der Waals surface area contributed by atoms with Gasteiger partial charge in [-0.25, -0.2) is 0 Å². The zero-order valence-electron chi connectivity index (χ0n) is 17.9. The predicted octanol–water partition coefficient (Wildman–Crippen LogP) is 3.61. The second kappa shape index (κ2) is 9.65. The van der Waals surface area contributed by atoms with Gasteiger partial charge in [-0.2, -0.15) is 0 Å². The van der Waals surface area contributed by atoms with Crippen molar-refractivity contribution < 1.29 is 9.47 Å². The molecule has 3 N–H and O–H groups in total. The van der Waals surface area contributed by atoms with Crippen molar-refractivity contribution in [3.05, 3.63) is 53.1 Å². The lowest BCUT2D eigenvalue weighted by atomic mass is 9.90. The number of nitrogens with two attached hydrogens (primary N) is 1. The van der Waals surface area contributed by atoms with E-state index in [0.29, 0.717) is 24.0 Å². The maximum absolute atomic E-state index is 6.24. The number of aryl methyl sites for hydroxylation is 1. The molecule has 29 heavy (non-hydrogen) atoms. The summed E-state index contributed by atoms with van der Waals surface area (Å²) in [5.74, 6) is 1.87. The molecule has 0 aliphatic heterocycles. The van der Waals surface area contributed by atoms with Crippen molar-refractivity contribution in [2.75, 3.05) is 40.2 Å². The average molecular weight is 397 g/mol. The maximum Gasteiger partial charge on any atom is 0.193 e. The van der Waals surface area contributed by atoms with Crippen LogP contribution in [0.25, 0.3) is 0 Å². The van der Waals surface area contributed by atoms with E-state index >= 15 is 0 Å². The lowest BCUT2D eigenvalue weighted by Gasteiger charge is -2.24. The van der Waals surface area contributed by atoms with Crippen molar-refractivity contribution in [3.63, 3.8) is 0 Å². The van der Waals surface area contributed by atoms with Crippen LogP contribution in [-0.4, -0.2) is 45.7 Å². The van der Waals surface area contributed by atoms with Gasteiger partial charge in [-0.15, -0.1) is 0 Å². The molecular formula is C23H32N4O2. The molecule has 0 heterocycles. The van der Waals surface area contributed by atoms with Gasteiger partial charge in [0.05, 0.1) is 26.8 Å². The topological polar surface area (TPSA) is 72.1 Å². The van der Waals surface area contributed by atoms with Crippen LogP contribution >= 0.6 is 0 Å². The number of fused-ring (bicyclic) bond motifs is 1. The second-order valence-electron chi connectivity index (χ2n) is 7.60. The van der Waals surface area contributed by atoms with E-state index in [9.17, 15) is 0 Å². The highest BCUT2D eigenvalue weighted by Crippen LogP contribution is 2.31. The van der Waals surface area contributed by atoms with Crippen LogP contribution in [-0.2, 0) is 12.8 Å². The molecule has 1 aliphatic carbocycles. The van der Waals surface area contributed by atoms with Crippen LogP contribution in [0.2, 0.25) is 0 Å². The first-order valence-corrected chi connectivity index (χ1v) is 10.1. The number of rotatable bonds is 7. The first-order chi connectivity index (χ1) is 14.0. The molecule has 1 aliphatic rings. The summed E-state index contributed by atoms with van der Waals surface area (Å²) in [6.07, 6.45) is 4.72.